The molecule has 0 aliphatic heterocycles. The van der Waals surface area contributed by atoms with Gasteiger partial charge < -0.3 is 15.2 Å². The number of nitrogens with one attached hydrogen (secondary N) is 1. The third-order valence-corrected chi connectivity index (χ3v) is 4.43. The van der Waals surface area contributed by atoms with Gasteiger partial charge in [-0.3, -0.25) is 0 Å². The van der Waals surface area contributed by atoms with Gasteiger partial charge in [-0.25, -0.2) is 4.79 Å². The molecule has 0 saturated carbocycles. The molecule has 0 radical (unpaired) electrons. The number of benzene rings is 2. The molecule has 0 fully saturated rings. The number of aromatic carboxylic acids is 1. The van der Waals surface area contributed by atoms with E-state index in [0.29, 0.717) is 25.3 Å². The van der Waals surface area contributed by atoms with Gasteiger partial charge in [0.05, 0.1) is 16.6 Å². The second kappa shape index (κ2) is 9.20. The molecular weight excluding hydrogens is 438 g/mol. The van der Waals surface area contributed by atoms with Crippen LogP contribution in [0.1, 0.15) is 34.8 Å². The van der Waals surface area contributed by atoms with Crippen LogP contribution in [-0.2, 0) is 13.1 Å². The van der Waals surface area contributed by atoms with Crippen molar-refractivity contribution in [3.05, 3.63) is 62.0 Å². The predicted octanol–water partition coefficient (Wildman–Crippen LogP) is 4.99. The summed E-state index contributed by atoms with van der Waals surface area (Å²) in [5, 5.41) is 12.3. The first kappa shape index (κ1) is 19.0. The fourth-order valence-corrected chi connectivity index (χ4v) is 3.65. The standard InChI is InChI=1S/C18H19Br2NO3/c1-2-7-24-17-14(8-15(19)9-16(17)20)11-21-10-12-3-5-13(6-4-12)18(22)23/h3-6,8-9,21H,2,7,10-11H2,1H3,(H,22,23). The van der Waals surface area contributed by atoms with E-state index in [2.05, 4.69) is 44.1 Å². The summed E-state index contributed by atoms with van der Waals surface area (Å²) in [6, 6.07) is 10.9. The number of hydrogen-bond donors (Lipinski definition) is 2. The highest BCUT2D eigenvalue weighted by molar-refractivity contribution is 9.11. The van der Waals surface area contributed by atoms with E-state index < -0.39 is 5.97 Å². The summed E-state index contributed by atoms with van der Waals surface area (Å²) < 4.78 is 7.75. The first-order valence-corrected chi connectivity index (χ1v) is 9.23. The fourth-order valence-electron chi connectivity index (χ4n) is 2.22. The largest absolute Gasteiger partial charge is 0.492 e. The van der Waals surface area contributed by atoms with Gasteiger partial charge in [-0.1, -0.05) is 35.0 Å². The molecule has 128 valence electrons. The van der Waals surface area contributed by atoms with Crippen LogP contribution in [0.2, 0.25) is 0 Å². The van der Waals surface area contributed by atoms with Gasteiger partial charge in [0.25, 0.3) is 0 Å². The van der Waals surface area contributed by atoms with Gasteiger partial charge in [0, 0.05) is 23.1 Å². The molecule has 2 N–H and O–H groups in total. The highest BCUT2D eigenvalue weighted by Gasteiger charge is 2.10. The van der Waals surface area contributed by atoms with Crippen molar-refractivity contribution in [2.24, 2.45) is 0 Å². The number of ether oxygens (including phenoxy) is 1. The van der Waals surface area contributed by atoms with Crippen molar-refractivity contribution in [2.75, 3.05) is 6.61 Å². The Morgan fingerprint density at radius 1 is 1.17 bits per heavy atom. The predicted molar refractivity (Wildman–Crippen MR) is 102 cm³/mol. The molecule has 0 unspecified atom stereocenters. The topological polar surface area (TPSA) is 58.6 Å². The Balaban J connectivity index is 2.01. The van der Waals surface area contributed by atoms with Crippen molar-refractivity contribution in [3.63, 3.8) is 0 Å². The lowest BCUT2D eigenvalue weighted by Gasteiger charge is -2.14. The molecule has 6 heteroatoms. The van der Waals surface area contributed by atoms with Gasteiger partial charge in [0.15, 0.2) is 0 Å². The Morgan fingerprint density at radius 2 is 1.88 bits per heavy atom. The lowest BCUT2D eigenvalue weighted by Crippen LogP contribution is -2.14. The third-order valence-electron chi connectivity index (χ3n) is 3.38. The monoisotopic (exact) mass is 455 g/mol. The minimum atomic E-state index is -0.911. The molecule has 0 saturated heterocycles. The minimum absolute atomic E-state index is 0.296. The van der Waals surface area contributed by atoms with Crippen LogP contribution in [-0.4, -0.2) is 17.7 Å². The first-order valence-electron chi connectivity index (χ1n) is 7.65. The molecule has 0 spiro atoms. The van der Waals surface area contributed by atoms with Crippen LogP contribution >= 0.6 is 31.9 Å². The molecule has 0 aliphatic carbocycles. The van der Waals surface area contributed by atoms with Gasteiger partial charge in [-0.2, -0.15) is 0 Å². The molecule has 2 aromatic rings. The second-order valence-corrected chi connectivity index (χ2v) is 7.10. The zero-order valence-corrected chi connectivity index (χ0v) is 16.5. The van der Waals surface area contributed by atoms with Crippen LogP contribution in [0.4, 0.5) is 0 Å². The van der Waals surface area contributed by atoms with E-state index in [9.17, 15) is 4.79 Å². The van der Waals surface area contributed by atoms with Crippen molar-refractivity contribution in [3.8, 4) is 5.75 Å². The van der Waals surface area contributed by atoms with Gasteiger partial charge in [-0.05, 0) is 52.2 Å². The van der Waals surface area contributed by atoms with E-state index in [-0.39, 0.29) is 0 Å². The van der Waals surface area contributed by atoms with Crippen LogP contribution in [0, 0.1) is 0 Å². The maximum absolute atomic E-state index is 10.9. The van der Waals surface area contributed by atoms with Crippen molar-refractivity contribution in [1.82, 2.24) is 5.32 Å². The maximum atomic E-state index is 10.9. The maximum Gasteiger partial charge on any atom is 0.335 e. The van der Waals surface area contributed by atoms with Crippen molar-refractivity contribution >= 4 is 37.8 Å². The SMILES string of the molecule is CCCOc1c(Br)cc(Br)cc1CNCc1ccc(C(=O)O)cc1. The number of hydrogen-bond acceptors (Lipinski definition) is 3. The summed E-state index contributed by atoms with van der Waals surface area (Å²) in [4.78, 5) is 10.9. The zero-order valence-electron chi connectivity index (χ0n) is 13.3. The molecule has 0 bridgehead atoms. The lowest BCUT2D eigenvalue weighted by atomic mass is 10.1. The van der Waals surface area contributed by atoms with Crippen LogP contribution in [0.3, 0.4) is 0 Å². The normalized spacial score (nSPS) is 10.6. The highest BCUT2D eigenvalue weighted by Crippen LogP contribution is 2.33. The third kappa shape index (κ3) is 5.33. The highest BCUT2D eigenvalue weighted by atomic mass is 79.9. The number of carboxylic acids is 1. The number of rotatable bonds is 8. The molecule has 0 amide bonds. The van der Waals surface area contributed by atoms with Crippen molar-refractivity contribution in [2.45, 2.75) is 26.4 Å². The Kier molecular flexibility index (Phi) is 7.27. The average Bonchev–Trinajstić information content (AvgIpc) is 2.54. The van der Waals surface area contributed by atoms with Crippen LogP contribution in [0.15, 0.2) is 45.3 Å². The summed E-state index contributed by atoms with van der Waals surface area (Å²) in [6.07, 6.45) is 0.950. The van der Waals surface area contributed by atoms with Gasteiger partial charge in [-0.15, -0.1) is 0 Å². The summed E-state index contributed by atoms with van der Waals surface area (Å²) in [5.41, 5.74) is 2.39. The molecular formula is C18H19Br2NO3. The molecule has 0 heterocycles. The summed E-state index contributed by atoms with van der Waals surface area (Å²) >= 11 is 7.05. The fraction of sp³-hybridized carbons (Fsp3) is 0.278. The molecule has 0 aromatic heterocycles. The summed E-state index contributed by atoms with van der Waals surface area (Å²) in [5.74, 6) is -0.0556. The molecule has 0 atom stereocenters. The number of halogens is 2. The Morgan fingerprint density at radius 3 is 2.50 bits per heavy atom. The van der Waals surface area contributed by atoms with Crippen LogP contribution in [0.5, 0.6) is 5.75 Å². The van der Waals surface area contributed by atoms with Gasteiger partial charge >= 0.3 is 5.97 Å². The van der Waals surface area contributed by atoms with E-state index in [0.717, 1.165) is 32.2 Å². The lowest BCUT2D eigenvalue weighted by molar-refractivity contribution is 0.0697. The average molecular weight is 457 g/mol. The van der Waals surface area contributed by atoms with Crippen LogP contribution < -0.4 is 10.1 Å². The molecule has 4 nitrogen and oxygen atoms in total. The van der Waals surface area contributed by atoms with Crippen LogP contribution in [0.25, 0.3) is 0 Å². The quantitative estimate of drug-likeness (QED) is 0.587. The Bertz CT molecular complexity index is 702. The van der Waals surface area contributed by atoms with E-state index in [4.69, 9.17) is 9.84 Å². The van der Waals surface area contributed by atoms with E-state index in [1.54, 1.807) is 12.1 Å². The van der Waals surface area contributed by atoms with Crippen molar-refractivity contribution in [1.29, 1.82) is 0 Å². The first-order chi connectivity index (χ1) is 11.5. The molecule has 2 rings (SSSR count). The molecule has 2 aromatic carbocycles. The summed E-state index contributed by atoms with van der Waals surface area (Å²) in [7, 11) is 0. The smallest absolute Gasteiger partial charge is 0.335 e. The van der Waals surface area contributed by atoms with Gasteiger partial charge in [0.2, 0.25) is 0 Å². The molecule has 24 heavy (non-hydrogen) atoms. The number of carboxylic acid groups (broad SMARTS) is 1. The van der Waals surface area contributed by atoms with E-state index >= 15 is 0 Å². The van der Waals surface area contributed by atoms with Gasteiger partial charge in [0.1, 0.15) is 5.75 Å². The Hall–Kier alpha value is -1.37. The summed E-state index contributed by atoms with van der Waals surface area (Å²) in [6.45, 7) is 4.05. The Labute approximate surface area is 158 Å². The van der Waals surface area contributed by atoms with E-state index in [1.165, 1.54) is 0 Å². The zero-order chi connectivity index (χ0) is 17.5. The second-order valence-electron chi connectivity index (χ2n) is 5.33. The van der Waals surface area contributed by atoms with Crippen molar-refractivity contribution < 1.29 is 14.6 Å². The minimum Gasteiger partial charge on any atom is -0.492 e. The molecule has 0 aliphatic rings. The number of carbonyl (C=O) groups is 1. The van der Waals surface area contributed by atoms with E-state index in [1.807, 2.05) is 24.3 Å².